The number of carbonyl (C=O) groups excluding carboxylic acids is 3. The highest BCUT2D eigenvalue weighted by Crippen LogP contribution is 2.30. The van der Waals surface area contributed by atoms with E-state index in [1.165, 1.54) is 17.1 Å². The van der Waals surface area contributed by atoms with Gasteiger partial charge in [-0.2, -0.15) is 0 Å². The van der Waals surface area contributed by atoms with Gasteiger partial charge in [0, 0.05) is 35.4 Å². The smallest absolute Gasteiger partial charge is 0.328 e. The fourth-order valence-corrected chi connectivity index (χ4v) is 3.58. The third-order valence-electron chi connectivity index (χ3n) is 5.20. The molecule has 2 aromatic rings. The minimum atomic E-state index is -0.557. The molecule has 7 nitrogen and oxygen atoms in total. The van der Waals surface area contributed by atoms with Crippen molar-refractivity contribution in [1.29, 1.82) is 0 Å². The number of likely N-dealkylation sites (N-methyl/N-ethyl adjacent to an activating group) is 1. The molecule has 31 heavy (non-hydrogen) atoms. The number of para-hydroxylation sites is 1. The second-order valence-corrected chi connectivity index (χ2v) is 7.14. The van der Waals surface area contributed by atoms with Gasteiger partial charge in [-0.05, 0) is 32.1 Å². The minimum absolute atomic E-state index is 0.0524. The molecule has 1 saturated heterocycles. The summed E-state index contributed by atoms with van der Waals surface area (Å²) in [6, 6.07) is 6.95. The Hall–Kier alpha value is -3.87. The van der Waals surface area contributed by atoms with Gasteiger partial charge in [0.2, 0.25) is 0 Å². The first-order valence-electron chi connectivity index (χ1n) is 9.79. The lowest BCUT2D eigenvalue weighted by Crippen LogP contribution is -2.36. The third kappa shape index (κ3) is 3.94. The van der Waals surface area contributed by atoms with Crippen molar-refractivity contribution in [2.24, 2.45) is 0 Å². The van der Waals surface area contributed by atoms with Crippen LogP contribution < -0.4 is 0 Å². The zero-order valence-electron chi connectivity index (χ0n) is 18.0. The molecule has 0 N–H and O–H groups in total. The zero-order valence-corrected chi connectivity index (χ0v) is 18.0. The molecule has 1 aromatic heterocycles. The molecule has 0 radical (unpaired) electrons. The number of benzene rings is 1. The van der Waals surface area contributed by atoms with Crippen LogP contribution in [-0.4, -0.2) is 46.5 Å². The third-order valence-corrected chi connectivity index (χ3v) is 5.20. The molecule has 1 aromatic carbocycles. The molecule has 1 aliphatic heterocycles. The van der Waals surface area contributed by atoms with Crippen molar-refractivity contribution in [3.63, 3.8) is 0 Å². The van der Waals surface area contributed by atoms with Gasteiger partial charge >= 0.3 is 5.97 Å². The van der Waals surface area contributed by atoms with Crippen LogP contribution in [-0.2, 0) is 19.1 Å². The highest BCUT2D eigenvalue weighted by atomic mass is 16.5. The maximum absolute atomic E-state index is 13.1. The van der Waals surface area contributed by atoms with E-state index < -0.39 is 17.9 Å². The Morgan fingerprint density at radius 2 is 1.87 bits per heavy atom. The fraction of sp³-hybridized carbons (Fsp3) is 0.208. The van der Waals surface area contributed by atoms with Crippen LogP contribution >= 0.6 is 0 Å². The highest BCUT2D eigenvalue weighted by Gasteiger charge is 2.39. The van der Waals surface area contributed by atoms with Crippen molar-refractivity contribution in [2.75, 3.05) is 14.2 Å². The summed E-state index contributed by atoms with van der Waals surface area (Å²) in [7, 11) is 2.89. The first-order chi connectivity index (χ1) is 14.8. The van der Waals surface area contributed by atoms with Crippen LogP contribution in [0.5, 0.6) is 0 Å². The molecule has 0 aliphatic carbocycles. The van der Waals surface area contributed by atoms with Crippen LogP contribution in [0, 0.1) is 0 Å². The first-order valence-corrected chi connectivity index (χ1v) is 9.79. The average molecular weight is 419 g/mol. The number of ether oxygens (including phenoxy) is 1. The Morgan fingerprint density at radius 1 is 1.16 bits per heavy atom. The summed E-state index contributed by atoms with van der Waals surface area (Å²) in [5.74, 6) is -1.19. The van der Waals surface area contributed by atoms with Crippen molar-refractivity contribution >= 4 is 34.8 Å². The average Bonchev–Trinajstić information content (AvgIpc) is 3.23. The lowest BCUT2D eigenvalue weighted by Gasteiger charge is -2.23. The number of carbonyl (C=O) groups is 3. The van der Waals surface area contributed by atoms with Crippen LogP contribution in [0.3, 0.4) is 0 Å². The molecule has 1 atom stereocenters. The largest absolute Gasteiger partial charge is 0.467 e. The second-order valence-electron chi connectivity index (χ2n) is 7.14. The number of fused-ring (bicyclic) bond motifs is 1. The first kappa shape index (κ1) is 21.8. The van der Waals surface area contributed by atoms with Crippen molar-refractivity contribution in [3.05, 3.63) is 78.2 Å². The van der Waals surface area contributed by atoms with Gasteiger partial charge in [0.1, 0.15) is 11.6 Å². The predicted octanol–water partition coefficient (Wildman–Crippen LogP) is 3.62. The zero-order chi connectivity index (χ0) is 22.7. The number of nitrogens with zero attached hydrogens (tertiary/aromatic N) is 3. The molecule has 1 unspecified atom stereocenters. The number of hydrogen-bond acceptors (Lipinski definition) is 4. The van der Waals surface area contributed by atoms with E-state index in [-0.39, 0.29) is 11.5 Å². The number of amides is 2. The fourth-order valence-electron chi connectivity index (χ4n) is 3.58. The minimum Gasteiger partial charge on any atom is -0.467 e. The molecule has 7 heteroatoms. The second kappa shape index (κ2) is 8.87. The van der Waals surface area contributed by atoms with Crippen molar-refractivity contribution in [3.8, 4) is 0 Å². The maximum atomic E-state index is 13.1. The molecular weight excluding hydrogens is 394 g/mol. The van der Waals surface area contributed by atoms with Crippen LogP contribution in [0.25, 0.3) is 17.0 Å². The quantitative estimate of drug-likeness (QED) is 0.310. The van der Waals surface area contributed by atoms with Gasteiger partial charge in [-0.1, -0.05) is 43.0 Å². The van der Waals surface area contributed by atoms with E-state index in [2.05, 4.69) is 6.58 Å². The van der Waals surface area contributed by atoms with Crippen LogP contribution in [0.15, 0.2) is 72.6 Å². The Kier molecular flexibility index (Phi) is 6.25. The van der Waals surface area contributed by atoms with E-state index in [0.29, 0.717) is 11.3 Å². The molecule has 2 amide bonds. The number of aromatic nitrogens is 1. The van der Waals surface area contributed by atoms with Gasteiger partial charge in [-0.25, -0.2) is 14.8 Å². The number of hydrazine groups is 1. The van der Waals surface area contributed by atoms with Crippen molar-refractivity contribution in [1.82, 2.24) is 14.6 Å². The number of rotatable bonds is 6. The van der Waals surface area contributed by atoms with Gasteiger partial charge in [-0.3, -0.25) is 9.59 Å². The summed E-state index contributed by atoms with van der Waals surface area (Å²) < 4.78 is 6.65. The SMILES string of the molecule is C=C/C=C\C=C(/C)N1C(=O)/C(=C\c2cn(C(C)C(=O)OC)c3ccccc23)C(=O)N1C. The van der Waals surface area contributed by atoms with E-state index in [4.69, 9.17) is 4.74 Å². The molecule has 0 spiro atoms. The van der Waals surface area contributed by atoms with Gasteiger partial charge in [0.15, 0.2) is 0 Å². The normalized spacial score (nSPS) is 17.3. The number of esters is 1. The summed E-state index contributed by atoms with van der Waals surface area (Å²) in [4.78, 5) is 38.0. The summed E-state index contributed by atoms with van der Waals surface area (Å²) in [6.45, 7) is 7.10. The topological polar surface area (TPSA) is 71.9 Å². The van der Waals surface area contributed by atoms with Crippen LogP contribution in [0.1, 0.15) is 25.5 Å². The molecular formula is C24H25N3O4. The van der Waals surface area contributed by atoms with E-state index in [1.807, 2.05) is 24.3 Å². The number of hydrogen-bond donors (Lipinski definition) is 0. The molecule has 0 saturated carbocycles. The van der Waals surface area contributed by atoms with Gasteiger partial charge in [0.05, 0.1) is 7.11 Å². The van der Waals surface area contributed by atoms with Crippen LogP contribution in [0.4, 0.5) is 0 Å². The van der Waals surface area contributed by atoms with E-state index >= 15 is 0 Å². The monoisotopic (exact) mass is 419 g/mol. The Morgan fingerprint density at radius 3 is 2.55 bits per heavy atom. The predicted molar refractivity (Wildman–Crippen MR) is 119 cm³/mol. The van der Waals surface area contributed by atoms with Gasteiger partial charge in [0.25, 0.3) is 11.8 Å². The Labute approximate surface area is 181 Å². The summed E-state index contributed by atoms with van der Waals surface area (Å²) in [5, 5.41) is 3.45. The van der Waals surface area contributed by atoms with Gasteiger partial charge < -0.3 is 9.30 Å². The lowest BCUT2D eigenvalue weighted by molar-refractivity contribution is -0.143. The van der Waals surface area contributed by atoms with E-state index in [9.17, 15) is 14.4 Å². The molecule has 0 bridgehead atoms. The lowest BCUT2D eigenvalue weighted by atomic mass is 10.1. The van der Waals surface area contributed by atoms with Gasteiger partial charge in [-0.15, -0.1) is 0 Å². The van der Waals surface area contributed by atoms with E-state index in [0.717, 1.165) is 10.9 Å². The molecule has 3 rings (SSSR count). The van der Waals surface area contributed by atoms with Crippen molar-refractivity contribution < 1.29 is 19.1 Å². The molecule has 160 valence electrons. The summed E-state index contributed by atoms with van der Waals surface area (Å²) in [6.07, 6.45) is 10.2. The molecule has 1 fully saturated rings. The summed E-state index contributed by atoms with van der Waals surface area (Å²) >= 11 is 0. The Balaban J connectivity index is 2.07. The molecule has 1 aliphatic rings. The standard InChI is InChI=1S/C24H25N3O4/c1-6-7-8-11-16(2)27-23(29)20(22(28)25(27)4)14-18-15-26(17(3)24(30)31-5)21-13-10-9-12-19(18)21/h6-15,17H,1H2,2-5H3/b8-7-,16-11+,20-14-. The van der Waals surface area contributed by atoms with Crippen molar-refractivity contribution in [2.45, 2.75) is 19.9 Å². The van der Waals surface area contributed by atoms with E-state index in [1.54, 1.807) is 62.0 Å². The summed E-state index contributed by atoms with van der Waals surface area (Å²) in [5.41, 5.74) is 2.13. The number of methoxy groups -OCH3 is 1. The molecule has 2 heterocycles. The highest BCUT2D eigenvalue weighted by molar-refractivity contribution is 6.26. The Bertz CT molecular complexity index is 1150. The van der Waals surface area contributed by atoms with Crippen LogP contribution in [0.2, 0.25) is 0 Å². The number of allylic oxidation sites excluding steroid dienone is 5. The maximum Gasteiger partial charge on any atom is 0.328 e.